The lowest BCUT2D eigenvalue weighted by Crippen LogP contribution is -2.12. The Balaban J connectivity index is 3.56. The Morgan fingerprint density at radius 1 is 1.31 bits per heavy atom. The molecular formula is C6H4BrCl2NO2S. The molecule has 0 unspecified atom stereocenters. The van der Waals surface area contributed by atoms with Crippen LogP contribution in [0.15, 0.2) is 21.5 Å². The number of hydrogen-bond acceptors (Lipinski definition) is 2. The van der Waals surface area contributed by atoms with E-state index in [0.29, 0.717) is 4.47 Å². The first-order chi connectivity index (χ1) is 5.82. The lowest BCUT2D eigenvalue weighted by atomic mass is 10.4. The lowest BCUT2D eigenvalue weighted by Gasteiger charge is -2.03. The fraction of sp³-hybridized carbons (Fsp3) is 0. The predicted molar refractivity (Wildman–Crippen MR) is 55.5 cm³/mol. The van der Waals surface area contributed by atoms with Gasteiger partial charge >= 0.3 is 0 Å². The SMILES string of the molecule is NS(=O)(=O)c1cc(Cl)cc(Br)c1Cl. The van der Waals surface area contributed by atoms with E-state index in [4.69, 9.17) is 28.3 Å². The average molecular weight is 305 g/mol. The Morgan fingerprint density at radius 2 is 1.85 bits per heavy atom. The summed E-state index contributed by atoms with van der Waals surface area (Å²) < 4.78 is 22.3. The van der Waals surface area contributed by atoms with Gasteiger partial charge in [-0.3, -0.25) is 0 Å². The number of halogens is 3. The van der Waals surface area contributed by atoms with E-state index in [2.05, 4.69) is 15.9 Å². The van der Waals surface area contributed by atoms with Crippen molar-refractivity contribution in [2.45, 2.75) is 4.90 Å². The standard InChI is InChI=1S/C6H4BrCl2NO2S/c7-4-1-3(8)2-5(6(4)9)13(10,11)12/h1-2H,(H2,10,11,12). The normalized spacial score (nSPS) is 11.7. The second kappa shape index (κ2) is 3.74. The number of rotatable bonds is 1. The molecule has 0 bridgehead atoms. The van der Waals surface area contributed by atoms with E-state index in [-0.39, 0.29) is 14.9 Å². The minimum Gasteiger partial charge on any atom is -0.225 e. The molecule has 3 nitrogen and oxygen atoms in total. The van der Waals surface area contributed by atoms with Gasteiger partial charge in [0.1, 0.15) is 4.90 Å². The minimum absolute atomic E-state index is 0.0342. The summed E-state index contributed by atoms with van der Waals surface area (Å²) in [5.41, 5.74) is 0. The van der Waals surface area contributed by atoms with Crippen molar-refractivity contribution in [3.63, 3.8) is 0 Å². The van der Waals surface area contributed by atoms with Crippen LogP contribution in [0.1, 0.15) is 0 Å². The van der Waals surface area contributed by atoms with Gasteiger partial charge in [0.25, 0.3) is 0 Å². The van der Waals surface area contributed by atoms with E-state index in [1.165, 1.54) is 12.1 Å². The molecule has 2 N–H and O–H groups in total. The van der Waals surface area contributed by atoms with Crippen LogP contribution in [-0.4, -0.2) is 8.42 Å². The van der Waals surface area contributed by atoms with Crippen LogP contribution in [0.5, 0.6) is 0 Å². The Hall–Kier alpha value is 0.190. The highest BCUT2D eigenvalue weighted by Crippen LogP contribution is 2.32. The van der Waals surface area contributed by atoms with Gasteiger partial charge in [0.2, 0.25) is 10.0 Å². The predicted octanol–water partition coefficient (Wildman–Crippen LogP) is 2.40. The second-order valence-corrected chi connectivity index (χ2v) is 5.44. The van der Waals surface area contributed by atoms with Gasteiger partial charge in [-0.1, -0.05) is 23.2 Å². The fourth-order valence-corrected chi connectivity index (χ4v) is 2.83. The first-order valence-electron chi connectivity index (χ1n) is 2.99. The number of sulfonamides is 1. The van der Waals surface area contributed by atoms with E-state index >= 15 is 0 Å². The molecule has 1 rings (SSSR count). The summed E-state index contributed by atoms with van der Waals surface area (Å²) in [4.78, 5) is -0.187. The number of primary sulfonamides is 1. The van der Waals surface area contributed by atoms with Gasteiger partial charge in [-0.25, -0.2) is 13.6 Å². The average Bonchev–Trinajstić information content (AvgIpc) is 1.94. The van der Waals surface area contributed by atoms with Crippen molar-refractivity contribution in [3.05, 3.63) is 26.7 Å². The van der Waals surface area contributed by atoms with Crippen LogP contribution in [0.4, 0.5) is 0 Å². The van der Waals surface area contributed by atoms with Gasteiger partial charge in [0.15, 0.2) is 0 Å². The van der Waals surface area contributed by atoms with Crippen LogP contribution >= 0.6 is 39.1 Å². The third-order valence-corrected chi connectivity index (χ3v) is 3.79. The second-order valence-electron chi connectivity index (χ2n) is 2.24. The molecular weight excluding hydrogens is 301 g/mol. The zero-order valence-corrected chi connectivity index (χ0v) is 10.0. The third-order valence-electron chi connectivity index (χ3n) is 1.27. The van der Waals surface area contributed by atoms with Crippen molar-refractivity contribution in [1.82, 2.24) is 0 Å². The van der Waals surface area contributed by atoms with Crippen molar-refractivity contribution in [3.8, 4) is 0 Å². The highest BCUT2D eigenvalue weighted by atomic mass is 79.9. The first-order valence-corrected chi connectivity index (χ1v) is 6.09. The topological polar surface area (TPSA) is 60.2 Å². The van der Waals surface area contributed by atoms with Crippen LogP contribution in [-0.2, 0) is 10.0 Å². The summed E-state index contributed by atoms with van der Waals surface area (Å²) in [5, 5.41) is 5.19. The molecule has 0 saturated carbocycles. The molecule has 7 heteroatoms. The summed E-state index contributed by atoms with van der Waals surface area (Å²) in [5.74, 6) is 0. The molecule has 0 radical (unpaired) electrons. The lowest BCUT2D eigenvalue weighted by molar-refractivity contribution is 0.598. The van der Waals surface area contributed by atoms with Gasteiger partial charge in [0.05, 0.1) is 5.02 Å². The molecule has 0 atom stereocenters. The zero-order chi connectivity index (χ0) is 10.2. The largest absolute Gasteiger partial charge is 0.239 e. The molecule has 0 spiro atoms. The van der Waals surface area contributed by atoms with Gasteiger partial charge in [-0.15, -0.1) is 0 Å². The molecule has 13 heavy (non-hydrogen) atoms. The van der Waals surface area contributed by atoms with Gasteiger partial charge in [0, 0.05) is 9.50 Å². The van der Waals surface area contributed by atoms with Crippen molar-refractivity contribution in [1.29, 1.82) is 0 Å². The summed E-state index contributed by atoms with van der Waals surface area (Å²) in [6.45, 7) is 0. The first kappa shape index (κ1) is 11.3. The molecule has 1 aromatic carbocycles. The van der Waals surface area contributed by atoms with Gasteiger partial charge in [-0.2, -0.15) is 0 Å². The zero-order valence-electron chi connectivity index (χ0n) is 6.09. The van der Waals surface area contributed by atoms with Gasteiger partial charge in [-0.05, 0) is 28.1 Å². The molecule has 0 amide bonds. The van der Waals surface area contributed by atoms with Crippen LogP contribution < -0.4 is 5.14 Å². The van der Waals surface area contributed by atoms with E-state index in [9.17, 15) is 8.42 Å². The van der Waals surface area contributed by atoms with Crippen LogP contribution in [0, 0.1) is 0 Å². The molecule has 1 aromatic rings. The fourth-order valence-electron chi connectivity index (χ4n) is 0.739. The Morgan fingerprint density at radius 3 is 2.31 bits per heavy atom. The van der Waals surface area contributed by atoms with Crippen LogP contribution in [0.3, 0.4) is 0 Å². The van der Waals surface area contributed by atoms with Crippen molar-refractivity contribution in [2.24, 2.45) is 5.14 Å². The van der Waals surface area contributed by atoms with Crippen LogP contribution in [0.25, 0.3) is 0 Å². The summed E-state index contributed by atoms with van der Waals surface area (Å²) in [6, 6.07) is 2.68. The number of nitrogens with two attached hydrogens (primary N) is 1. The van der Waals surface area contributed by atoms with Gasteiger partial charge < -0.3 is 0 Å². The smallest absolute Gasteiger partial charge is 0.225 e. The molecule has 0 heterocycles. The molecule has 72 valence electrons. The molecule has 0 aliphatic heterocycles. The molecule has 0 saturated heterocycles. The van der Waals surface area contributed by atoms with E-state index in [1.807, 2.05) is 0 Å². The van der Waals surface area contributed by atoms with Crippen molar-refractivity contribution < 1.29 is 8.42 Å². The van der Waals surface area contributed by atoms with Crippen LogP contribution in [0.2, 0.25) is 10.0 Å². The maximum absolute atomic E-state index is 11.0. The Bertz CT molecular complexity index is 446. The number of hydrogen-bond donors (Lipinski definition) is 1. The number of benzene rings is 1. The van der Waals surface area contributed by atoms with Crippen molar-refractivity contribution in [2.75, 3.05) is 0 Å². The third kappa shape index (κ3) is 2.57. The highest BCUT2D eigenvalue weighted by molar-refractivity contribution is 9.10. The molecule has 0 aromatic heterocycles. The monoisotopic (exact) mass is 303 g/mol. The van der Waals surface area contributed by atoms with Crippen molar-refractivity contribution >= 4 is 49.2 Å². The summed E-state index contributed by atoms with van der Waals surface area (Å²) in [7, 11) is -3.82. The van der Waals surface area contributed by atoms with E-state index < -0.39 is 10.0 Å². The summed E-state index contributed by atoms with van der Waals surface area (Å²) >= 11 is 14.4. The maximum Gasteiger partial charge on any atom is 0.239 e. The highest BCUT2D eigenvalue weighted by Gasteiger charge is 2.16. The summed E-state index contributed by atoms with van der Waals surface area (Å²) in [6.07, 6.45) is 0. The Labute approximate surface area is 94.0 Å². The minimum atomic E-state index is -3.82. The van der Waals surface area contributed by atoms with E-state index in [0.717, 1.165) is 0 Å². The molecule has 0 aliphatic carbocycles. The molecule has 0 fully saturated rings. The quantitative estimate of drug-likeness (QED) is 0.810. The Kier molecular flexibility index (Phi) is 3.24. The van der Waals surface area contributed by atoms with E-state index in [1.54, 1.807) is 0 Å². The molecule has 0 aliphatic rings. The maximum atomic E-state index is 11.0.